The van der Waals surface area contributed by atoms with E-state index in [9.17, 15) is 4.79 Å². The van der Waals surface area contributed by atoms with E-state index in [0.29, 0.717) is 13.0 Å². The van der Waals surface area contributed by atoms with Gasteiger partial charge < -0.3 is 9.47 Å². The molecule has 1 aliphatic rings. The molecule has 2 heterocycles. The lowest BCUT2D eigenvalue weighted by atomic mass is 10.1. The summed E-state index contributed by atoms with van der Waals surface area (Å²) in [5.74, 6) is 1.25. The largest absolute Gasteiger partial charge is 0.323 e. The fraction of sp³-hybridized carbons (Fsp3) is 0.231. The second-order valence-corrected chi connectivity index (χ2v) is 8.22. The van der Waals surface area contributed by atoms with Crippen molar-refractivity contribution >= 4 is 22.6 Å². The van der Waals surface area contributed by atoms with Crippen LogP contribution in [-0.2, 0) is 11.3 Å². The van der Waals surface area contributed by atoms with E-state index in [-0.39, 0.29) is 11.8 Å². The molecule has 0 radical (unpaired) electrons. The highest BCUT2D eigenvalue weighted by molar-refractivity contribution is 5.96. The molecule has 5 rings (SSSR count). The molecule has 1 aliphatic heterocycles. The Hall–Kier alpha value is -3.40. The molecule has 4 aromatic rings. The van der Waals surface area contributed by atoms with E-state index in [1.807, 2.05) is 23.1 Å². The van der Waals surface area contributed by atoms with Gasteiger partial charge >= 0.3 is 0 Å². The summed E-state index contributed by atoms with van der Waals surface area (Å²) >= 11 is 0. The molecule has 0 N–H and O–H groups in total. The molecule has 0 spiro atoms. The molecule has 3 aromatic carbocycles. The van der Waals surface area contributed by atoms with Gasteiger partial charge in [0.05, 0.1) is 11.0 Å². The summed E-state index contributed by atoms with van der Waals surface area (Å²) in [6, 6.07) is 24.9. The highest BCUT2D eigenvalue weighted by Gasteiger charge is 2.34. The lowest BCUT2D eigenvalue weighted by molar-refractivity contribution is -0.117. The maximum atomic E-state index is 12.9. The standard InChI is InChI=1S/C26H25N3O/c1-18-8-7-11-22(14-18)28-17-21(15-25(28)30)26-27-23-12-5-6-13-24(23)29(26)16-20-10-4-3-9-19(20)2/h3-14,21H,15-17H2,1-2H3/t21-/m1/s1. The minimum Gasteiger partial charge on any atom is -0.323 e. The van der Waals surface area contributed by atoms with Crippen molar-refractivity contribution in [3.8, 4) is 0 Å². The zero-order chi connectivity index (χ0) is 20.7. The van der Waals surface area contributed by atoms with Gasteiger partial charge in [-0.25, -0.2) is 4.98 Å². The first-order valence-corrected chi connectivity index (χ1v) is 10.5. The van der Waals surface area contributed by atoms with Crippen molar-refractivity contribution in [3.05, 3.63) is 95.3 Å². The number of fused-ring (bicyclic) bond motifs is 1. The Labute approximate surface area is 176 Å². The monoisotopic (exact) mass is 395 g/mol. The second kappa shape index (κ2) is 7.45. The smallest absolute Gasteiger partial charge is 0.227 e. The minimum atomic E-state index is 0.0782. The molecule has 1 atom stereocenters. The van der Waals surface area contributed by atoms with E-state index in [2.05, 4.69) is 73.0 Å². The van der Waals surface area contributed by atoms with Gasteiger partial charge in [0.1, 0.15) is 5.82 Å². The van der Waals surface area contributed by atoms with Gasteiger partial charge in [-0.3, -0.25) is 4.79 Å². The van der Waals surface area contributed by atoms with Crippen LogP contribution in [0.4, 0.5) is 5.69 Å². The van der Waals surface area contributed by atoms with Gasteiger partial charge in [-0.1, -0.05) is 48.5 Å². The highest BCUT2D eigenvalue weighted by atomic mass is 16.2. The Balaban J connectivity index is 1.54. The summed E-state index contributed by atoms with van der Waals surface area (Å²) in [7, 11) is 0. The molecule has 4 heteroatoms. The van der Waals surface area contributed by atoms with E-state index >= 15 is 0 Å². The van der Waals surface area contributed by atoms with Crippen molar-refractivity contribution in [2.45, 2.75) is 32.7 Å². The van der Waals surface area contributed by atoms with Gasteiger partial charge in [0.25, 0.3) is 0 Å². The average molecular weight is 396 g/mol. The number of anilines is 1. The quantitative estimate of drug-likeness (QED) is 0.475. The molecule has 4 nitrogen and oxygen atoms in total. The molecule has 0 saturated carbocycles. The average Bonchev–Trinajstić information content (AvgIpc) is 3.30. The number of para-hydroxylation sites is 2. The molecule has 1 saturated heterocycles. The second-order valence-electron chi connectivity index (χ2n) is 8.22. The SMILES string of the molecule is Cc1cccc(N2C[C@H](c3nc4ccccc4n3Cc3ccccc3C)CC2=O)c1. The molecule has 0 unspecified atom stereocenters. The molecule has 30 heavy (non-hydrogen) atoms. The zero-order valence-corrected chi connectivity index (χ0v) is 17.4. The number of amides is 1. The topological polar surface area (TPSA) is 38.1 Å². The number of nitrogens with zero attached hydrogens (tertiary/aromatic N) is 3. The van der Waals surface area contributed by atoms with Crippen LogP contribution in [0.2, 0.25) is 0 Å². The maximum Gasteiger partial charge on any atom is 0.227 e. The summed E-state index contributed by atoms with van der Waals surface area (Å²) in [6.45, 7) is 5.63. The molecular weight excluding hydrogens is 370 g/mol. The Morgan fingerprint density at radius 3 is 2.60 bits per heavy atom. The van der Waals surface area contributed by atoms with E-state index in [1.165, 1.54) is 11.1 Å². The van der Waals surface area contributed by atoms with Crippen LogP contribution >= 0.6 is 0 Å². The number of hydrogen-bond acceptors (Lipinski definition) is 2. The summed E-state index contributed by atoms with van der Waals surface area (Å²) in [5.41, 5.74) is 6.80. The van der Waals surface area contributed by atoms with Gasteiger partial charge in [-0.2, -0.15) is 0 Å². The van der Waals surface area contributed by atoms with Crippen LogP contribution in [0.3, 0.4) is 0 Å². The van der Waals surface area contributed by atoms with E-state index in [0.717, 1.165) is 34.7 Å². The minimum absolute atomic E-state index is 0.0782. The van der Waals surface area contributed by atoms with Crippen LogP contribution < -0.4 is 4.90 Å². The number of hydrogen-bond donors (Lipinski definition) is 0. The fourth-order valence-corrected chi connectivity index (χ4v) is 4.46. The predicted molar refractivity (Wildman–Crippen MR) is 121 cm³/mol. The number of imidazole rings is 1. The van der Waals surface area contributed by atoms with Gasteiger partial charge in [-0.05, 0) is 54.8 Å². The van der Waals surface area contributed by atoms with Crippen LogP contribution in [0, 0.1) is 13.8 Å². The van der Waals surface area contributed by atoms with Crippen molar-refractivity contribution in [3.63, 3.8) is 0 Å². The van der Waals surface area contributed by atoms with Gasteiger partial charge in [0.2, 0.25) is 5.91 Å². The maximum absolute atomic E-state index is 12.9. The third kappa shape index (κ3) is 3.28. The molecule has 150 valence electrons. The van der Waals surface area contributed by atoms with Crippen LogP contribution in [-0.4, -0.2) is 22.0 Å². The summed E-state index contributed by atoms with van der Waals surface area (Å²) < 4.78 is 2.30. The normalized spacial score (nSPS) is 16.5. The number of carbonyl (C=O) groups is 1. The van der Waals surface area contributed by atoms with Crippen LogP contribution in [0.5, 0.6) is 0 Å². The molecule has 1 aromatic heterocycles. The first-order chi connectivity index (χ1) is 14.6. The lowest BCUT2D eigenvalue weighted by Gasteiger charge is -2.18. The number of benzene rings is 3. The molecular formula is C26H25N3O. The molecule has 0 aliphatic carbocycles. The Kier molecular flexibility index (Phi) is 4.62. The third-order valence-electron chi connectivity index (χ3n) is 6.08. The van der Waals surface area contributed by atoms with Gasteiger partial charge in [-0.15, -0.1) is 0 Å². The predicted octanol–water partition coefficient (Wildman–Crippen LogP) is 5.22. The van der Waals surface area contributed by atoms with E-state index in [4.69, 9.17) is 4.98 Å². The highest BCUT2D eigenvalue weighted by Crippen LogP contribution is 2.34. The Bertz CT molecular complexity index is 1240. The summed E-state index contributed by atoms with van der Waals surface area (Å²) in [4.78, 5) is 19.8. The number of aryl methyl sites for hydroxylation is 2. The number of aromatic nitrogens is 2. The fourth-order valence-electron chi connectivity index (χ4n) is 4.46. The van der Waals surface area contributed by atoms with E-state index < -0.39 is 0 Å². The molecule has 1 amide bonds. The van der Waals surface area contributed by atoms with E-state index in [1.54, 1.807) is 0 Å². The van der Waals surface area contributed by atoms with Crippen molar-refractivity contribution in [2.24, 2.45) is 0 Å². The van der Waals surface area contributed by atoms with Crippen LogP contribution in [0.25, 0.3) is 11.0 Å². The van der Waals surface area contributed by atoms with Crippen LogP contribution in [0.15, 0.2) is 72.8 Å². The summed E-state index contributed by atoms with van der Waals surface area (Å²) in [5, 5.41) is 0. The zero-order valence-electron chi connectivity index (χ0n) is 17.4. The van der Waals surface area contributed by atoms with Crippen LogP contribution in [0.1, 0.15) is 34.9 Å². The Morgan fingerprint density at radius 2 is 1.77 bits per heavy atom. The van der Waals surface area contributed by atoms with Crippen molar-refractivity contribution < 1.29 is 4.79 Å². The number of carbonyl (C=O) groups excluding carboxylic acids is 1. The van der Waals surface area contributed by atoms with Crippen molar-refractivity contribution in [2.75, 3.05) is 11.4 Å². The first kappa shape index (κ1) is 18.6. The van der Waals surface area contributed by atoms with Crippen molar-refractivity contribution in [1.29, 1.82) is 0 Å². The third-order valence-corrected chi connectivity index (χ3v) is 6.08. The Morgan fingerprint density at radius 1 is 0.967 bits per heavy atom. The van der Waals surface area contributed by atoms with Crippen molar-refractivity contribution in [1.82, 2.24) is 9.55 Å². The first-order valence-electron chi connectivity index (χ1n) is 10.5. The molecule has 1 fully saturated rings. The summed E-state index contributed by atoms with van der Waals surface area (Å²) in [6.07, 6.45) is 0.491. The van der Waals surface area contributed by atoms with Gasteiger partial charge in [0.15, 0.2) is 0 Å². The lowest BCUT2D eigenvalue weighted by Crippen LogP contribution is -2.24. The number of rotatable bonds is 4. The molecule has 0 bridgehead atoms. The van der Waals surface area contributed by atoms with Gasteiger partial charge in [0, 0.05) is 31.1 Å².